The van der Waals surface area contributed by atoms with Gasteiger partial charge in [0.05, 0.1) is 17.4 Å². The van der Waals surface area contributed by atoms with Crippen LogP contribution in [0.15, 0.2) is 34.5 Å². The molecule has 1 saturated heterocycles. The van der Waals surface area contributed by atoms with Crippen molar-refractivity contribution in [1.29, 1.82) is 0 Å². The van der Waals surface area contributed by atoms with Crippen molar-refractivity contribution in [2.24, 2.45) is 10.2 Å². The van der Waals surface area contributed by atoms with Crippen molar-refractivity contribution in [3.05, 3.63) is 29.8 Å². The molecule has 1 amide bonds. The summed E-state index contributed by atoms with van der Waals surface area (Å²) in [7, 11) is 0. The lowest BCUT2D eigenvalue weighted by molar-refractivity contribution is 0.0310. The fourth-order valence-electron chi connectivity index (χ4n) is 2.55. The minimum Gasteiger partial charge on any atom is -0.391 e. The maximum Gasteiger partial charge on any atom is 0.256 e. The van der Waals surface area contributed by atoms with Crippen LogP contribution in [-0.4, -0.2) is 48.0 Å². The number of para-hydroxylation sites is 1. The number of rotatable bonds is 4. The van der Waals surface area contributed by atoms with Crippen LogP contribution in [0.3, 0.4) is 0 Å². The normalized spacial score (nSPS) is 21.7. The maximum absolute atomic E-state index is 12.8. The van der Waals surface area contributed by atoms with E-state index in [9.17, 15) is 9.90 Å². The van der Waals surface area contributed by atoms with E-state index in [2.05, 4.69) is 23.6 Å². The van der Waals surface area contributed by atoms with Crippen molar-refractivity contribution in [1.82, 2.24) is 4.90 Å². The van der Waals surface area contributed by atoms with Crippen LogP contribution in [0.4, 0.5) is 5.69 Å². The Morgan fingerprint density at radius 3 is 2.67 bits per heavy atom. The smallest absolute Gasteiger partial charge is 0.256 e. The van der Waals surface area contributed by atoms with Crippen molar-refractivity contribution in [3.8, 4) is 0 Å². The summed E-state index contributed by atoms with van der Waals surface area (Å²) < 4.78 is 0. The number of carbonyl (C=O) groups is 1. The van der Waals surface area contributed by atoms with Crippen molar-refractivity contribution in [3.63, 3.8) is 0 Å². The zero-order valence-electron chi connectivity index (χ0n) is 12.1. The lowest BCUT2D eigenvalue weighted by Gasteiger charge is -2.36. The van der Waals surface area contributed by atoms with Crippen LogP contribution >= 0.6 is 0 Å². The van der Waals surface area contributed by atoms with Crippen LogP contribution < -0.4 is 5.12 Å². The molecule has 1 aromatic carbocycles. The topological polar surface area (TPSA) is 68.5 Å². The number of amides is 1. The SMILES string of the molecule is C=NN(N=C)c1ccccc1C(=O)N1C[C@H](O)CC[C@H]1C. The molecule has 0 bridgehead atoms. The van der Waals surface area contributed by atoms with Crippen molar-refractivity contribution < 1.29 is 9.90 Å². The molecule has 21 heavy (non-hydrogen) atoms. The molecular weight excluding hydrogens is 268 g/mol. The van der Waals surface area contributed by atoms with Crippen LogP contribution in [-0.2, 0) is 0 Å². The van der Waals surface area contributed by atoms with Gasteiger partial charge in [-0.1, -0.05) is 12.1 Å². The number of hydrazone groups is 2. The van der Waals surface area contributed by atoms with E-state index in [1.165, 1.54) is 5.12 Å². The lowest BCUT2D eigenvalue weighted by atomic mass is 10.00. The van der Waals surface area contributed by atoms with Crippen LogP contribution in [0.2, 0.25) is 0 Å². The number of β-amino-alcohol motifs (C(OH)–C–C–N with tert-alkyl or cyclic N) is 1. The molecule has 1 aliphatic rings. The largest absolute Gasteiger partial charge is 0.391 e. The van der Waals surface area contributed by atoms with Gasteiger partial charge in [0.1, 0.15) is 0 Å². The molecule has 0 saturated carbocycles. The highest BCUT2D eigenvalue weighted by atomic mass is 16.3. The number of hydrogen-bond acceptors (Lipinski definition) is 5. The second-order valence-electron chi connectivity index (χ2n) is 5.13. The maximum atomic E-state index is 12.8. The summed E-state index contributed by atoms with van der Waals surface area (Å²) in [6, 6.07) is 7.13. The Bertz CT molecular complexity index is 538. The van der Waals surface area contributed by atoms with Crippen LogP contribution in [0.25, 0.3) is 0 Å². The van der Waals surface area contributed by atoms with Gasteiger partial charge in [-0.3, -0.25) is 4.79 Å². The fourth-order valence-corrected chi connectivity index (χ4v) is 2.55. The highest BCUT2D eigenvalue weighted by Gasteiger charge is 2.30. The van der Waals surface area contributed by atoms with E-state index >= 15 is 0 Å². The summed E-state index contributed by atoms with van der Waals surface area (Å²) in [6.07, 6.45) is 1.04. The molecular formula is C15H20N4O2. The van der Waals surface area contributed by atoms with Gasteiger partial charge >= 0.3 is 0 Å². The third-order valence-corrected chi connectivity index (χ3v) is 3.74. The van der Waals surface area contributed by atoms with Gasteiger partial charge in [0.2, 0.25) is 0 Å². The lowest BCUT2D eigenvalue weighted by Crippen LogP contribution is -2.47. The van der Waals surface area contributed by atoms with Gasteiger partial charge in [-0.2, -0.15) is 15.3 Å². The number of benzene rings is 1. The molecule has 0 radical (unpaired) electrons. The summed E-state index contributed by atoms with van der Waals surface area (Å²) in [5, 5.41) is 18.5. The van der Waals surface area contributed by atoms with E-state index in [0.29, 0.717) is 17.8 Å². The summed E-state index contributed by atoms with van der Waals surface area (Å²) in [5.41, 5.74) is 0.998. The molecule has 6 heteroatoms. The predicted octanol–water partition coefficient (Wildman–Crippen LogP) is 1.71. The average Bonchev–Trinajstić information content (AvgIpc) is 2.51. The summed E-state index contributed by atoms with van der Waals surface area (Å²) in [4.78, 5) is 14.5. The molecule has 2 atom stereocenters. The zero-order valence-corrected chi connectivity index (χ0v) is 12.1. The van der Waals surface area contributed by atoms with E-state index < -0.39 is 6.10 Å². The Kier molecular flexibility index (Phi) is 4.70. The first-order valence-electron chi connectivity index (χ1n) is 6.90. The van der Waals surface area contributed by atoms with Crippen molar-refractivity contribution >= 4 is 25.0 Å². The second kappa shape index (κ2) is 6.49. The Balaban J connectivity index is 2.34. The summed E-state index contributed by atoms with van der Waals surface area (Å²) >= 11 is 0. The number of piperidine rings is 1. The molecule has 1 aliphatic heterocycles. The number of anilines is 1. The quantitative estimate of drug-likeness (QED) is 0.677. The molecule has 2 rings (SSSR count). The second-order valence-corrected chi connectivity index (χ2v) is 5.13. The van der Waals surface area contributed by atoms with Gasteiger partial charge in [-0.25, -0.2) is 0 Å². The molecule has 6 nitrogen and oxygen atoms in total. The third kappa shape index (κ3) is 3.11. The molecule has 0 aliphatic carbocycles. The van der Waals surface area contributed by atoms with Crippen molar-refractivity contribution in [2.75, 3.05) is 11.7 Å². The molecule has 0 unspecified atom stereocenters. The number of nitrogens with zero attached hydrogens (tertiary/aromatic N) is 4. The first-order valence-corrected chi connectivity index (χ1v) is 6.90. The first-order chi connectivity index (χ1) is 10.1. The molecule has 1 N–H and O–H groups in total. The Labute approximate surface area is 124 Å². The summed E-state index contributed by atoms with van der Waals surface area (Å²) in [5.74, 6) is -0.144. The average molecular weight is 288 g/mol. The van der Waals surface area contributed by atoms with Crippen molar-refractivity contribution in [2.45, 2.75) is 31.9 Å². The minimum atomic E-state index is -0.469. The number of likely N-dealkylation sites (tertiary alicyclic amines) is 1. The van der Waals surface area contributed by atoms with E-state index in [1.54, 1.807) is 29.2 Å². The number of aliphatic hydroxyl groups excluding tert-OH is 1. The molecule has 1 fully saturated rings. The summed E-state index contributed by atoms with van der Waals surface area (Å²) in [6.45, 7) is 9.18. The zero-order chi connectivity index (χ0) is 15.4. The Morgan fingerprint density at radius 2 is 2.00 bits per heavy atom. The monoisotopic (exact) mass is 288 g/mol. The Hall–Kier alpha value is -2.21. The van der Waals surface area contributed by atoms with Crippen LogP contribution in [0, 0.1) is 0 Å². The number of aliphatic hydroxyl groups is 1. The van der Waals surface area contributed by atoms with Crippen LogP contribution in [0.1, 0.15) is 30.1 Å². The highest BCUT2D eigenvalue weighted by molar-refractivity contribution is 6.00. The van der Waals surface area contributed by atoms with E-state index in [4.69, 9.17) is 0 Å². The van der Waals surface area contributed by atoms with E-state index in [-0.39, 0.29) is 11.9 Å². The van der Waals surface area contributed by atoms with Gasteiger partial charge in [-0.15, -0.1) is 0 Å². The highest BCUT2D eigenvalue weighted by Crippen LogP contribution is 2.26. The third-order valence-electron chi connectivity index (χ3n) is 3.74. The standard InChI is InChI=1S/C15H20N4O2/c1-11-8-9-12(20)10-18(11)15(21)13-6-4-5-7-14(13)19(16-2)17-3/h4-7,11-12,20H,2-3,8-10H2,1H3/t11-,12-/m1/s1. The molecule has 0 spiro atoms. The van der Waals surface area contributed by atoms with Gasteiger partial charge < -0.3 is 10.0 Å². The first kappa shape index (κ1) is 15.2. The number of hydrogen-bond donors (Lipinski definition) is 1. The molecule has 1 aromatic rings. The fraction of sp³-hybridized carbons (Fsp3) is 0.400. The molecule has 112 valence electrons. The molecule has 1 heterocycles. The Morgan fingerprint density at radius 1 is 1.33 bits per heavy atom. The van der Waals surface area contributed by atoms with E-state index in [1.807, 2.05) is 6.92 Å². The molecule has 0 aromatic heterocycles. The predicted molar refractivity (Wildman–Crippen MR) is 83.8 cm³/mol. The minimum absolute atomic E-state index is 0.0933. The van der Waals surface area contributed by atoms with Gasteiger partial charge in [0.25, 0.3) is 5.91 Å². The van der Waals surface area contributed by atoms with Gasteiger partial charge in [0.15, 0.2) is 0 Å². The number of carbonyl (C=O) groups excluding carboxylic acids is 1. The van der Waals surface area contributed by atoms with Gasteiger partial charge in [-0.05, 0) is 31.9 Å². The van der Waals surface area contributed by atoms with Gasteiger partial charge in [0, 0.05) is 26.0 Å². The van der Waals surface area contributed by atoms with Crippen LogP contribution in [0.5, 0.6) is 0 Å². The van der Waals surface area contributed by atoms with E-state index in [0.717, 1.165) is 12.8 Å².